The van der Waals surface area contributed by atoms with Gasteiger partial charge in [-0.3, -0.25) is 14.9 Å². The van der Waals surface area contributed by atoms with Crippen molar-refractivity contribution in [2.45, 2.75) is 17.7 Å². The van der Waals surface area contributed by atoms with Crippen LogP contribution in [0.5, 0.6) is 0 Å². The van der Waals surface area contributed by atoms with E-state index in [1.54, 1.807) is 0 Å². The SMILES string of the molecule is O=C(Nc1ccc2ccccc2c1)C1CCN(S(=O)(=O)c2cc([N+](=O)[O-])ccc2Cl)CC1. The number of hydrogen-bond donors (Lipinski definition) is 1. The number of sulfonamides is 1. The first-order chi connectivity index (χ1) is 15.3. The highest BCUT2D eigenvalue weighted by Crippen LogP contribution is 2.31. The zero-order valence-electron chi connectivity index (χ0n) is 16.9. The molecule has 1 amide bonds. The van der Waals surface area contributed by atoms with Crippen molar-refractivity contribution < 1.29 is 18.1 Å². The molecule has 0 spiro atoms. The summed E-state index contributed by atoms with van der Waals surface area (Å²) in [5, 5.41) is 15.9. The maximum absolute atomic E-state index is 13.0. The van der Waals surface area contributed by atoms with Crippen LogP contribution < -0.4 is 5.32 Å². The first kappa shape index (κ1) is 22.2. The molecule has 32 heavy (non-hydrogen) atoms. The van der Waals surface area contributed by atoms with Crippen molar-refractivity contribution in [3.05, 3.63) is 75.8 Å². The fourth-order valence-corrected chi connectivity index (χ4v) is 5.78. The minimum atomic E-state index is -4.02. The van der Waals surface area contributed by atoms with Gasteiger partial charge in [0.15, 0.2) is 0 Å². The van der Waals surface area contributed by atoms with Crippen molar-refractivity contribution in [2.24, 2.45) is 5.92 Å². The lowest BCUT2D eigenvalue weighted by atomic mass is 9.97. The van der Waals surface area contributed by atoms with Crippen molar-refractivity contribution in [3.8, 4) is 0 Å². The van der Waals surface area contributed by atoms with E-state index in [0.717, 1.165) is 22.9 Å². The highest BCUT2D eigenvalue weighted by atomic mass is 35.5. The smallest absolute Gasteiger partial charge is 0.270 e. The summed E-state index contributed by atoms with van der Waals surface area (Å²) in [6.45, 7) is 0.244. The van der Waals surface area contributed by atoms with Gasteiger partial charge in [-0.1, -0.05) is 41.9 Å². The lowest BCUT2D eigenvalue weighted by Crippen LogP contribution is -2.41. The summed E-state index contributed by atoms with van der Waals surface area (Å²) in [6.07, 6.45) is 0.677. The molecule has 10 heteroatoms. The van der Waals surface area contributed by atoms with Crippen molar-refractivity contribution in [1.82, 2.24) is 4.31 Å². The maximum Gasteiger partial charge on any atom is 0.270 e. The Morgan fingerprint density at radius 1 is 1.03 bits per heavy atom. The molecule has 1 aliphatic heterocycles. The van der Waals surface area contributed by atoms with Gasteiger partial charge >= 0.3 is 0 Å². The molecule has 3 aromatic carbocycles. The Labute approximate surface area is 190 Å². The highest BCUT2D eigenvalue weighted by Gasteiger charge is 2.34. The minimum absolute atomic E-state index is 0.0771. The van der Waals surface area contributed by atoms with E-state index >= 15 is 0 Å². The number of nitrogens with one attached hydrogen (secondary N) is 1. The van der Waals surface area contributed by atoms with Crippen LogP contribution in [-0.4, -0.2) is 36.6 Å². The van der Waals surface area contributed by atoms with Crippen molar-refractivity contribution in [1.29, 1.82) is 0 Å². The van der Waals surface area contributed by atoms with Gasteiger partial charge in [0.1, 0.15) is 4.90 Å². The van der Waals surface area contributed by atoms with E-state index < -0.39 is 14.9 Å². The van der Waals surface area contributed by atoms with Gasteiger partial charge in [0, 0.05) is 36.8 Å². The number of rotatable bonds is 5. The molecule has 1 heterocycles. The number of anilines is 1. The van der Waals surface area contributed by atoms with Crippen LogP contribution in [0.3, 0.4) is 0 Å². The number of nitro benzene ring substituents is 1. The molecule has 1 N–H and O–H groups in total. The van der Waals surface area contributed by atoms with Gasteiger partial charge in [-0.05, 0) is 41.8 Å². The molecule has 0 aromatic heterocycles. The molecule has 1 saturated heterocycles. The van der Waals surface area contributed by atoms with Gasteiger partial charge in [0.2, 0.25) is 15.9 Å². The molecule has 0 aliphatic carbocycles. The molecule has 4 rings (SSSR count). The first-order valence-corrected chi connectivity index (χ1v) is 11.8. The average molecular weight is 474 g/mol. The molecule has 166 valence electrons. The Bertz CT molecular complexity index is 1300. The summed E-state index contributed by atoms with van der Waals surface area (Å²) in [4.78, 5) is 22.8. The van der Waals surface area contributed by atoms with Crippen LogP contribution in [-0.2, 0) is 14.8 Å². The van der Waals surface area contributed by atoms with Crippen LogP contribution in [0.4, 0.5) is 11.4 Å². The Morgan fingerprint density at radius 3 is 2.41 bits per heavy atom. The molecule has 0 saturated carbocycles. The van der Waals surface area contributed by atoms with Gasteiger partial charge < -0.3 is 5.32 Å². The molecule has 3 aromatic rings. The molecule has 1 aliphatic rings. The Hall–Kier alpha value is -3.01. The summed E-state index contributed by atoms with van der Waals surface area (Å²) in [6, 6.07) is 16.8. The molecule has 0 bridgehead atoms. The molecule has 0 radical (unpaired) electrons. The third-order valence-corrected chi connectivity index (χ3v) is 7.97. The van der Waals surface area contributed by atoms with E-state index in [1.165, 1.54) is 10.4 Å². The normalized spacial score (nSPS) is 15.5. The molecule has 1 fully saturated rings. The summed E-state index contributed by atoms with van der Waals surface area (Å²) in [7, 11) is -4.02. The van der Waals surface area contributed by atoms with Crippen LogP contribution >= 0.6 is 11.6 Å². The Kier molecular flexibility index (Phi) is 6.14. The molecule has 0 atom stereocenters. The van der Waals surface area contributed by atoms with Gasteiger partial charge in [0.05, 0.1) is 9.95 Å². The number of carbonyl (C=O) groups excluding carboxylic acids is 1. The quantitative estimate of drug-likeness (QED) is 0.435. The minimum Gasteiger partial charge on any atom is -0.326 e. The predicted octanol–water partition coefficient (Wildman–Crippen LogP) is 4.44. The van der Waals surface area contributed by atoms with Crippen molar-refractivity contribution >= 4 is 49.7 Å². The topological polar surface area (TPSA) is 110 Å². The van der Waals surface area contributed by atoms with Crippen LogP contribution in [0, 0.1) is 16.0 Å². The molecular weight excluding hydrogens is 454 g/mol. The number of benzene rings is 3. The third-order valence-electron chi connectivity index (χ3n) is 5.59. The van der Waals surface area contributed by atoms with Gasteiger partial charge in [-0.15, -0.1) is 0 Å². The van der Waals surface area contributed by atoms with E-state index in [2.05, 4.69) is 5.32 Å². The van der Waals surface area contributed by atoms with E-state index in [4.69, 9.17) is 11.6 Å². The largest absolute Gasteiger partial charge is 0.326 e. The summed E-state index contributed by atoms with van der Waals surface area (Å²) in [5.41, 5.74) is 0.338. The van der Waals surface area contributed by atoms with Crippen LogP contribution in [0.2, 0.25) is 5.02 Å². The molecular formula is C22H20ClN3O5S. The standard InChI is InChI=1S/C22H20ClN3O5S/c23-20-8-7-19(26(28)29)14-21(20)32(30,31)25-11-9-16(10-12-25)22(27)24-18-6-5-15-3-1-2-4-17(15)13-18/h1-8,13-14,16H,9-12H2,(H,24,27). The monoisotopic (exact) mass is 473 g/mol. The van der Waals surface area contributed by atoms with Gasteiger partial charge in [-0.25, -0.2) is 8.42 Å². The lowest BCUT2D eigenvalue weighted by molar-refractivity contribution is -0.385. The van der Waals surface area contributed by atoms with E-state index in [-0.39, 0.29) is 40.5 Å². The number of nitrogens with zero attached hydrogens (tertiary/aromatic N) is 2. The lowest BCUT2D eigenvalue weighted by Gasteiger charge is -2.30. The number of fused-ring (bicyclic) bond motifs is 1. The number of hydrogen-bond acceptors (Lipinski definition) is 5. The Balaban J connectivity index is 1.43. The van der Waals surface area contributed by atoms with Crippen molar-refractivity contribution in [2.75, 3.05) is 18.4 Å². The third kappa shape index (κ3) is 4.45. The zero-order valence-corrected chi connectivity index (χ0v) is 18.5. The number of nitro groups is 1. The summed E-state index contributed by atoms with van der Waals surface area (Å²) < 4.78 is 27.2. The summed E-state index contributed by atoms with van der Waals surface area (Å²) in [5.74, 6) is -0.501. The average Bonchev–Trinajstić information content (AvgIpc) is 2.79. The fraction of sp³-hybridized carbons (Fsp3) is 0.227. The highest BCUT2D eigenvalue weighted by molar-refractivity contribution is 7.89. The fourth-order valence-electron chi connectivity index (χ4n) is 3.81. The second kappa shape index (κ2) is 8.85. The number of carbonyl (C=O) groups is 1. The Morgan fingerprint density at radius 2 is 1.72 bits per heavy atom. The van der Waals surface area contributed by atoms with Crippen LogP contribution in [0.25, 0.3) is 10.8 Å². The van der Waals surface area contributed by atoms with Gasteiger partial charge in [0.25, 0.3) is 5.69 Å². The molecule has 0 unspecified atom stereocenters. The van der Waals surface area contributed by atoms with Crippen LogP contribution in [0.1, 0.15) is 12.8 Å². The van der Waals surface area contributed by atoms with Gasteiger partial charge in [-0.2, -0.15) is 4.31 Å². The van der Waals surface area contributed by atoms with E-state index in [1.807, 2.05) is 42.5 Å². The first-order valence-electron chi connectivity index (χ1n) is 9.99. The molecule has 8 nitrogen and oxygen atoms in total. The maximum atomic E-state index is 13.0. The second-order valence-electron chi connectivity index (χ2n) is 7.60. The number of amides is 1. The number of halogens is 1. The second-order valence-corrected chi connectivity index (χ2v) is 9.91. The van der Waals surface area contributed by atoms with E-state index in [9.17, 15) is 23.3 Å². The summed E-state index contributed by atoms with van der Waals surface area (Å²) >= 11 is 6.02. The predicted molar refractivity (Wildman–Crippen MR) is 122 cm³/mol. The number of piperidine rings is 1. The van der Waals surface area contributed by atoms with E-state index in [0.29, 0.717) is 18.5 Å². The van der Waals surface area contributed by atoms with Crippen molar-refractivity contribution in [3.63, 3.8) is 0 Å². The van der Waals surface area contributed by atoms with Crippen LogP contribution in [0.15, 0.2) is 65.6 Å². The zero-order chi connectivity index (χ0) is 22.9. The number of non-ortho nitro benzene ring substituents is 1.